The van der Waals surface area contributed by atoms with Gasteiger partial charge in [-0.15, -0.1) is 10.2 Å². The zero-order valence-electron chi connectivity index (χ0n) is 14.4. The van der Waals surface area contributed by atoms with Crippen LogP contribution in [0.4, 0.5) is 8.78 Å². The summed E-state index contributed by atoms with van der Waals surface area (Å²) in [5, 5.41) is 9.11. The van der Waals surface area contributed by atoms with Crippen LogP contribution < -0.4 is 0 Å². The molecule has 0 aliphatic heterocycles. The minimum absolute atomic E-state index is 0.300. The van der Waals surface area contributed by atoms with Gasteiger partial charge in [0.15, 0.2) is 10.9 Å². The topological polar surface area (TPSA) is 43.9 Å². The lowest BCUT2D eigenvalue weighted by molar-refractivity contribution is 0.574. The zero-order chi connectivity index (χ0) is 18.8. The van der Waals surface area contributed by atoms with Crippen LogP contribution in [0.5, 0.6) is 0 Å². The summed E-state index contributed by atoms with van der Waals surface area (Å²) in [7, 11) is 0. The molecule has 0 aliphatic rings. The first kappa shape index (κ1) is 17.5. The van der Waals surface area contributed by atoms with E-state index in [9.17, 15) is 8.78 Å². The summed E-state index contributed by atoms with van der Waals surface area (Å²) in [5.41, 5.74) is 2.38. The highest BCUT2D eigenvalue weighted by Gasteiger charge is 2.18. The summed E-state index contributed by atoms with van der Waals surface area (Å²) in [6.45, 7) is 2.00. The molecule has 136 valence electrons. The van der Waals surface area contributed by atoms with Gasteiger partial charge in [0.2, 0.25) is 5.82 Å². The molecule has 0 unspecified atom stereocenters. The summed E-state index contributed by atoms with van der Waals surface area (Å²) in [6.07, 6.45) is 1.57. The second-order valence-corrected chi connectivity index (χ2v) is 6.92. The third-order valence-corrected chi connectivity index (χ3v) is 4.98. The molecule has 2 heterocycles. The summed E-state index contributed by atoms with van der Waals surface area (Å²) in [4.78, 5) is 0. The Hall–Kier alpha value is -2.93. The van der Waals surface area contributed by atoms with Crippen molar-refractivity contribution in [3.63, 3.8) is 0 Å². The number of hydrogen-bond donors (Lipinski definition) is 0. The second-order valence-electron chi connectivity index (χ2n) is 5.98. The van der Waals surface area contributed by atoms with Gasteiger partial charge in [0.05, 0.1) is 12.0 Å². The first-order valence-electron chi connectivity index (χ1n) is 8.25. The molecule has 0 atom stereocenters. The lowest BCUT2D eigenvalue weighted by atomic mass is 10.2. The molecule has 0 radical (unpaired) electrons. The van der Waals surface area contributed by atoms with Crippen molar-refractivity contribution in [1.29, 1.82) is 0 Å². The number of thioether (sulfide) groups is 1. The SMILES string of the molecule is Cc1cccc(-n2c(SCc3ccc(F)cc3F)nnc2-c2ccco2)c1. The number of benzene rings is 2. The molecule has 0 amide bonds. The van der Waals surface area contributed by atoms with Crippen LogP contribution in [-0.2, 0) is 5.75 Å². The van der Waals surface area contributed by atoms with Crippen molar-refractivity contribution in [2.24, 2.45) is 0 Å². The molecule has 4 aromatic rings. The maximum absolute atomic E-state index is 13.9. The van der Waals surface area contributed by atoms with Gasteiger partial charge in [-0.2, -0.15) is 0 Å². The highest BCUT2D eigenvalue weighted by Crippen LogP contribution is 2.30. The van der Waals surface area contributed by atoms with Crippen molar-refractivity contribution < 1.29 is 13.2 Å². The number of aryl methyl sites for hydroxylation is 1. The fourth-order valence-corrected chi connectivity index (χ4v) is 3.65. The van der Waals surface area contributed by atoms with E-state index in [1.807, 2.05) is 41.8 Å². The third kappa shape index (κ3) is 3.64. The first-order valence-corrected chi connectivity index (χ1v) is 9.23. The molecule has 7 heteroatoms. The predicted octanol–water partition coefficient (Wildman–Crippen LogP) is 5.41. The van der Waals surface area contributed by atoms with E-state index in [4.69, 9.17) is 4.42 Å². The molecule has 27 heavy (non-hydrogen) atoms. The molecular weight excluding hydrogens is 368 g/mol. The number of aromatic nitrogens is 3. The molecule has 2 aromatic heterocycles. The molecule has 4 nitrogen and oxygen atoms in total. The Morgan fingerprint density at radius 1 is 1.04 bits per heavy atom. The number of rotatable bonds is 5. The predicted molar refractivity (Wildman–Crippen MR) is 99.7 cm³/mol. The van der Waals surface area contributed by atoms with Crippen LogP contribution in [0.1, 0.15) is 11.1 Å². The zero-order valence-corrected chi connectivity index (χ0v) is 15.2. The Morgan fingerprint density at radius 3 is 2.67 bits per heavy atom. The maximum Gasteiger partial charge on any atom is 0.205 e. The van der Waals surface area contributed by atoms with Gasteiger partial charge < -0.3 is 4.42 Å². The van der Waals surface area contributed by atoms with Crippen molar-refractivity contribution in [1.82, 2.24) is 14.8 Å². The van der Waals surface area contributed by atoms with E-state index in [2.05, 4.69) is 10.2 Å². The minimum Gasteiger partial charge on any atom is -0.461 e. The Morgan fingerprint density at radius 2 is 1.93 bits per heavy atom. The summed E-state index contributed by atoms with van der Waals surface area (Å²) in [6, 6.07) is 15.1. The van der Waals surface area contributed by atoms with Gasteiger partial charge in [0.1, 0.15) is 11.6 Å². The lowest BCUT2D eigenvalue weighted by Gasteiger charge is -2.10. The molecular formula is C20H15F2N3OS. The Balaban J connectivity index is 1.72. The fourth-order valence-electron chi connectivity index (χ4n) is 2.71. The Kier molecular flexibility index (Phi) is 4.77. The number of nitrogens with zero attached hydrogens (tertiary/aromatic N) is 3. The number of furan rings is 1. The fraction of sp³-hybridized carbons (Fsp3) is 0.100. The summed E-state index contributed by atoms with van der Waals surface area (Å²) in [5.74, 6) is 0.282. The van der Waals surface area contributed by atoms with Crippen LogP contribution >= 0.6 is 11.8 Å². The van der Waals surface area contributed by atoms with Crippen molar-refractivity contribution in [2.75, 3.05) is 0 Å². The third-order valence-electron chi connectivity index (χ3n) is 4.01. The smallest absolute Gasteiger partial charge is 0.205 e. The van der Waals surface area contributed by atoms with Gasteiger partial charge >= 0.3 is 0 Å². The van der Waals surface area contributed by atoms with Crippen LogP contribution in [0.15, 0.2) is 70.4 Å². The van der Waals surface area contributed by atoms with E-state index in [0.717, 1.165) is 17.3 Å². The van der Waals surface area contributed by atoms with Crippen LogP contribution in [0.25, 0.3) is 17.3 Å². The monoisotopic (exact) mass is 383 g/mol. The molecule has 0 N–H and O–H groups in total. The van der Waals surface area contributed by atoms with E-state index in [1.165, 1.54) is 23.9 Å². The quantitative estimate of drug-likeness (QED) is 0.433. The van der Waals surface area contributed by atoms with Gasteiger partial charge in [-0.3, -0.25) is 4.57 Å². The highest BCUT2D eigenvalue weighted by atomic mass is 32.2. The molecule has 0 spiro atoms. The maximum atomic E-state index is 13.9. The lowest BCUT2D eigenvalue weighted by Crippen LogP contribution is -2.00. The van der Waals surface area contributed by atoms with Crippen molar-refractivity contribution in [3.05, 3.63) is 83.6 Å². The van der Waals surface area contributed by atoms with Crippen molar-refractivity contribution >= 4 is 11.8 Å². The Bertz CT molecular complexity index is 1080. The van der Waals surface area contributed by atoms with Gasteiger partial charge in [-0.1, -0.05) is 30.0 Å². The van der Waals surface area contributed by atoms with Gasteiger partial charge in [0, 0.05) is 11.8 Å². The average Bonchev–Trinajstić information content (AvgIpc) is 3.30. The van der Waals surface area contributed by atoms with Crippen LogP contribution in [-0.4, -0.2) is 14.8 Å². The molecule has 0 aliphatic carbocycles. The molecule has 0 saturated heterocycles. The van der Waals surface area contributed by atoms with Gasteiger partial charge in [-0.25, -0.2) is 8.78 Å². The van der Waals surface area contributed by atoms with Crippen LogP contribution in [0.2, 0.25) is 0 Å². The second kappa shape index (κ2) is 7.36. The van der Waals surface area contributed by atoms with Crippen molar-refractivity contribution in [2.45, 2.75) is 17.8 Å². The highest BCUT2D eigenvalue weighted by molar-refractivity contribution is 7.98. The van der Waals surface area contributed by atoms with E-state index in [0.29, 0.717) is 28.1 Å². The molecule has 0 bridgehead atoms. The van der Waals surface area contributed by atoms with E-state index >= 15 is 0 Å². The van der Waals surface area contributed by atoms with Gasteiger partial charge in [0.25, 0.3) is 0 Å². The van der Waals surface area contributed by atoms with Crippen molar-refractivity contribution in [3.8, 4) is 17.3 Å². The van der Waals surface area contributed by atoms with E-state index in [-0.39, 0.29) is 0 Å². The van der Waals surface area contributed by atoms with E-state index < -0.39 is 11.6 Å². The molecule has 4 rings (SSSR count). The summed E-state index contributed by atoms with van der Waals surface area (Å²) >= 11 is 1.32. The normalized spacial score (nSPS) is 11.1. The van der Waals surface area contributed by atoms with E-state index in [1.54, 1.807) is 12.3 Å². The first-order chi connectivity index (χ1) is 13.1. The molecule has 0 saturated carbocycles. The number of halogens is 2. The van der Waals surface area contributed by atoms with Gasteiger partial charge in [-0.05, 0) is 48.4 Å². The summed E-state index contributed by atoms with van der Waals surface area (Å²) < 4.78 is 34.4. The van der Waals surface area contributed by atoms with Crippen LogP contribution in [0.3, 0.4) is 0 Å². The molecule has 0 fully saturated rings. The average molecular weight is 383 g/mol. The van der Waals surface area contributed by atoms with Crippen LogP contribution in [0, 0.1) is 18.6 Å². The minimum atomic E-state index is -0.593. The largest absolute Gasteiger partial charge is 0.461 e. The standard InChI is InChI=1S/C20H15F2N3OS/c1-13-4-2-5-16(10-13)25-19(18-6-3-9-26-18)23-24-20(25)27-12-14-7-8-15(21)11-17(14)22/h2-11H,12H2,1H3. The number of hydrogen-bond acceptors (Lipinski definition) is 4. The Labute approximate surface area is 158 Å². The molecule has 2 aromatic carbocycles.